The van der Waals surface area contributed by atoms with Gasteiger partial charge in [-0.1, -0.05) is 0 Å². The van der Waals surface area contributed by atoms with Gasteiger partial charge in [-0.3, -0.25) is 4.79 Å². The fraction of sp³-hybridized carbons (Fsp3) is 0.909. The van der Waals surface area contributed by atoms with Crippen LogP contribution >= 0.6 is 0 Å². The van der Waals surface area contributed by atoms with Gasteiger partial charge in [0.15, 0.2) is 0 Å². The predicted octanol–water partition coefficient (Wildman–Crippen LogP) is 1.11. The second-order valence-electron chi connectivity index (χ2n) is 5.35. The highest BCUT2D eigenvalue weighted by molar-refractivity contribution is 5.71. The van der Waals surface area contributed by atoms with E-state index in [-0.39, 0.29) is 17.9 Å². The summed E-state index contributed by atoms with van der Waals surface area (Å²) in [4.78, 5) is 11.1. The number of hydrogen-bond donors (Lipinski definition) is 2. The first-order valence-electron chi connectivity index (χ1n) is 5.57. The van der Waals surface area contributed by atoms with Crippen molar-refractivity contribution in [1.82, 2.24) is 0 Å². The molecule has 6 atom stereocenters. The Labute approximate surface area is 83.1 Å². The zero-order valence-electron chi connectivity index (χ0n) is 8.10. The minimum atomic E-state index is -0.683. The highest BCUT2D eigenvalue weighted by atomic mass is 16.4. The molecule has 2 N–H and O–H groups in total. The number of carboxylic acids is 1. The first-order chi connectivity index (χ1) is 6.66. The maximum Gasteiger partial charge on any atom is 0.307 e. The Morgan fingerprint density at radius 3 is 2.50 bits per heavy atom. The normalized spacial score (nSPS) is 54.9. The van der Waals surface area contributed by atoms with Gasteiger partial charge in [-0.2, -0.15) is 0 Å². The highest BCUT2D eigenvalue weighted by Crippen LogP contribution is 2.56. The van der Waals surface area contributed by atoms with E-state index in [1.807, 2.05) is 0 Å². The fourth-order valence-corrected chi connectivity index (χ4v) is 4.27. The van der Waals surface area contributed by atoms with Crippen molar-refractivity contribution >= 4 is 5.97 Å². The van der Waals surface area contributed by atoms with E-state index in [2.05, 4.69) is 0 Å². The van der Waals surface area contributed by atoms with Gasteiger partial charge in [0.1, 0.15) is 0 Å². The standard InChI is InChI=1S/C11H16O3/c12-10-7-2-5-1-6(4-7)9(11(13)14)8(10)3-5/h5-10,12H,1-4H2,(H,13,14)/t5?,6?,7?,8?,9-,10+/m1/s1. The number of carbonyl (C=O) groups is 1. The van der Waals surface area contributed by atoms with Crippen LogP contribution in [0.4, 0.5) is 0 Å². The summed E-state index contributed by atoms with van der Waals surface area (Å²) in [6, 6.07) is 0. The predicted molar refractivity (Wildman–Crippen MR) is 49.6 cm³/mol. The van der Waals surface area contributed by atoms with E-state index in [0.29, 0.717) is 17.8 Å². The maximum absolute atomic E-state index is 11.1. The molecule has 0 aromatic carbocycles. The molecule has 0 amide bonds. The van der Waals surface area contributed by atoms with Crippen molar-refractivity contribution in [3.63, 3.8) is 0 Å². The maximum atomic E-state index is 11.1. The fourth-order valence-electron chi connectivity index (χ4n) is 4.27. The third-order valence-corrected chi connectivity index (χ3v) is 4.66. The molecule has 0 saturated heterocycles. The van der Waals surface area contributed by atoms with Gasteiger partial charge in [-0.25, -0.2) is 0 Å². The number of rotatable bonds is 1. The summed E-state index contributed by atoms with van der Waals surface area (Å²) in [7, 11) is 0. The number of aliphatic hydroxyl groups excluding tert-OH is 1. The molecule has 78 valence electrons. The van der Waals surface area contributed by atoms with Crippen molar-refractivity contribution in [2.75, 3.05) is 0 Å². The molecule has 4 aliphatic rings. The second-order valence-corrected chi connectivity index (χ2v) is 5.35. The molecule has 4 rings (SSSR count). The van der Waals surface area contributed by atoms with Gasteiger partial charge in [0.2, 0.25) is 0 Å². The summed E-state index contributed by atoms with van der Waals surface area (Å²) >= 11 is 0. The summed E-state index contributed by atoms with van der Waals surface area (Å²) < 4.78 is 0. The van der Waals surface area contributed by atoms with Crippen LogP contribution in [0.3, 0.4) is 0 Å². The van der Waals surface area contributed by atoms with Crippen molar-refractivity contribution in [1.29, 1.82) is 0 Å². The molecule has 0 radical (unpaired) electrons. The molecule has 3 nitrogen and oxygen atoms in total. The third-order valence-electron chi connectivity index (χ3n) is 4.66. The average molecular weight is 196 g/mol. The molecule has 0 aromatic rings. The van der Waals surface area contributed by atoms with E-state index in [9.17, 15) is 9.90 Å². The number of hydrogen-bond acceptors (Lipinski definition) is 2. The molecule has 4 saturated carbocycles. The first kappa shape index (κ1) is 8.72. The largest absolute Gasteiger partial charge is 0.481 e. The minimum absolute atomic E-state index is 0.0590. The van der Waals surface area contributed by atoms with Crippen LogP contribution in [0.2, 0.25) is 0 Å². The summed E-state index contributed by atoms with van der Waals surface area (Å²) in [5.74, 6) is 0.605. The molecule has 4 aliphatic carbocycles. The lowest BCUT2D eigenvalue weighted by molar-refractivity contribution is -0.171. The zero-order valence-corrected chi connectivity index (χ0v) is 8.10. The van der Waals surface area contributed by atoms with Gasteiger partial charge in [0.05, 0.1) is 12.0 Å². The minimum Gasteiger partial charge on any atom is -0.481 e. The van der Waals surface area contributed by atoms with Gasteiger partial charge in [0.25, 0.3) is 0 Å². The first-order valence-corrected chi connectivity index (χ1v) is 5.57. The lowest BCUT2D eigenvalue weighted by atomic mass is 9.50. The van der Waals surface area contributed by atoms with E-state index in [1.54, 1.807) is 0 Å². The molecule has 14 heavy (non-hydrogen) atoms. The van der Waals surface area contributed by atoms with Crippen LogP contribution in [0.1, 0.15) is 25.7 Å². The molecular formula is C11H16O3. The molecule has 4 bridgehead atoms. The molecule has 0 aromatic heterocycles. The lowest BCUT2D eigenvalue weighted by Crippen LogP contribution is -2.55. The van der Waals surface area contributed by atoms with Gasteiger partial charge >= 0.3 is 5.97 Å². The lowest BCUT2D eigenvalue weighted by Gasteiger charge is -2.55. The molecule has 0 heterocycles. The highest BCUT2D eigenvalue weighted by Gasteiger charge is 2.55. The van der Waals surface area contributed by atoms with Gasteiger partial charge < -0.3 is 10.2 Å². The average Bonchev–Trinajstić information content (AvgIpc) is 2.12. The van der Waals surface area contributed by atoms with Crippen molar-refractivity contribution < 1.29 is 15.0 Å². The topological polar surface area (TPSA) is 57.5 Å². The van der Waals surface area contributed by atoms with Crippen molar-refractivity contribution in [3.8, 4) is 0 Å². The summed E-state index contributed by atoms with van der Waals surface area (Å²) in [6.45, 7) is 0. The molecular weight excluding hydrogens is 180 g/mol. The Bertz CT molecular complexity index is 276. The van der Waals surface area contributed by atoms with E-state index in [0.717, 1.165) is 25.7 Å². The number of aliphatic hydroxyl groups is 1. The summed E-state index contributed by atoms with van der Waals surface area (Å²) in [5.41, 5.74) is 0. The van der Waals surface area contributed by atoms with Gasteiger partial charge in [0, 0.05) is 0 Å². The van der Waals surface area contributed by atoms with E-state index < -0.39 is 5.97 Å². The van der Waals surface area contributed by atoms with Crippen molar-refractivity contribution in [2.45, 2.75) is 31.8 Å². The van der Waals surface area contributed by atoms with Crippen molar-refractivity contribution in [3.05, 3.63) is 0 Å². The molecule has 4 unspecified atom stereocenters. The van der Waals surface area contributed by atoms with Crippen LogP contribution in [0.5, 0.6) is 0 Å². The molecule has 4 fully saturated rings. The van der Waals surface area contributed by atoms with E-state index in [4.69, 9.17) is 5.11 Å². The number of carboxylic acid groups (broad SMARTS) is 1. The third kappa shape index (κ3) is 0.991. The van der Waals surface area contributed by atoms with Crippen LogP contribution in [-0.4, -0.2) is 22.3 Å². The monoisotopic (exact) mass is 196 g/mol. The van der Waals surface area contributed by atoms with Crippen LogP contribution in [0.15, 0.2) is 0 Å². The Balaban J connectivity index is 1.93. The van der Waals surface area contributed by atoms with Crippen LogP contribution < -0.4 is 0 Å². The van der Waals surface area contributed by atoms with Crippen LogP contribution in [0, 0.1) is 29.6 Å². The van der Waals surface area contributed by atoms with Crippen molar-refractivity contribution in [2.24, 2.45) is 29.6 Å². The smallest absolute Gasteiger partial charge is 0.307 e. The Kier molecular flexibility index (Phi) is 1.69. The second kappa shape index (κ2) is 2.72. The SMILES string of the molecule is O=C(O)[C@@H]1C2CC3CC(C2)[C@H](O)C1C3. The zero-order chi connectivity index (χ0) is 9.87. The summed E-state index contributed by atoms with van der Waals surface area (Å²) in [5, 5.41) is 19.1. The van der Waals surface area contributed by atoms with Gasteiger partial charge in [-0.05, 0) is 49.4 Å². The molecule has 0 aliphatic heterocycles. The van der Waals surface area contributed by atoms with E-state index in [1.165, 1.54) is 0 Å². The summed E-state index contributed by atoms with van der Waals surface area (Å²) in [6.07, 6.45) is 3.80. The Morgan fingerprint density at radius 2 is 1.79 bits per heavy atom. The Morgan fingerprint density at radius 1 is 1.07 bits per heavy atom. The quantitative estimate of drug-likeness (QED) is 0.660. The number of aliphatic carboxylic acids is 1. The Hall–Kier alpha value is -0.570. The van der Waals surface area contributed by atoms with Gasteiger partial charge in [-0.15, -0.1) is 0 Å². The van der Waals surface area contributed by atoms with E-state index >= 15 is 0 Å². The molecule has 3 heteroatoms. The van der Waals surface area contributed by atoms with Crippen LogP contribution in [-0.2, 0) is 4.79 Å². The van der Waals surface area contributed by atoms with Crippen LogP contribution in [0.25, 0.3) is 0 Å². The molecule has 0 spiro atoms.